The summed E-state index contributed by atoms with van der Waals surface area (Å²) in [5.74, 6) is -0.104. The zero-order chi connectivity index (χ0) is 10.9. The fourth-order valence-corrected chi connectivity index (χ4v) is 1.53. The van der Waals surface area contributed by atoms with E-state index in [4.69, 9.17) is 16.7 Å². The third-order valence-corrected chi connectivity index (χ3v) is 2.99. The molecule has 1 aliphatic rings. The van der Waals surface area contributed by atoms with Crippen LogP contribution in [0.1, 0.15) is 12.8 Å². The van der Waals surface area contributed by atoms with E-state index >= 15 is 0 Å². The Balaban J connectivity index is 2.03. The van der Waals surface area contributed by atoms with Gasteiger partial charge in [0.2, 0.25) is 5.91 Å². The quantitative estimate of drug-likeness (QED) is 0.827. The van der Waals surface area contributed by atoms with E-state index in [0.717, 1.165) is 12.8 Å². The third-order valence-electron chi connectivity index (χ3n) is 2.74. The molecule has 1 amide bonds. The number of hydrogen-bond donors (Lipinski definition) is 2. The number of aliphatic hydroxyl groups excluding tert-OH is 1. The fourth-order valence-electron chi connectivity index (χ4n) is 1.40. The van der Waals surface area contributed by atoms with Crippen LogP contribution >= 0.6 is 11.6 Å². The van der Waals surface area contributed by atoms with E-state index in [-0.39, 0.29) is 12.5 Å². The zero-order valence-corrected chi connectivity index (χ0v) is 8.92. The third kappa shape index (κ3) is 2.13. The molecule has 3 nitrogen and oxygen atoms in total. The fraction of sp³-hybridized carbons (Fsp3) is 0.364. The van der Waals surface area contributed by atoms with E-state index in [9.17, 15) is 4.79 Å². The second kappa shape index (κ2) is 3.83. The van der Waals surface area contributed by atoms with Crippen molar-refractivity contribution in [1.29, 1.82) is 0 Å². The molecule has 2 N–H and O–H groups in total. The van der Waals surface area contributed by atoms with Gasteiger partial charge in [-0.15, -0.1) is 0 Å². The molecule has 2 rings (SSSR count). The van der Waals surface area contributed by atoms with Crippen LogP contribution in [0.2, 0.25) is 5.02 Å². The highest BCUT2D eigenvalue weighted by Crippen LogP contribution is 2.45. The van der Waals surface area contributed by atoms with Gasteiger partial charge in [-0.25, -0.2) is 0 Å². The van der Waals surface area contributed by atoms with Crippen molar-refractivity contribution in [3.05, 3.63) is 29.3 Å². The van der Waals surface area contributed by atoms with Gasteiger partial charge in [0.25, 0.3) is 0 Å². The molecular weight excluding hydrogens is 214 g/mol. The normalized spacial score (nSPS) is 17.2. The minimum atomic E-state index is -0.528. The van der Waals surface area contributed by atoms with Crippen LogP contribution in [0.5, 0.6) is 0 Å². The predicted octanol–water partition coefficient (Wildman–Crippen LogP) is 2.05. The van der Waals surface area contributed by atoms with Crippen LogP contribution in [0.25, 0.3) is 0 Å². The van der Waals surface area contributed by atoms with Gasteiger partial charge < -0.3 is 10.4 Å². The first-order valence-electron chi connectivity index (χ1n) is 4.84. The lowest BCUT2D eigenvalue weighted by Gasteiger charge is -2.11. The summed E-state index contributed by atoms with van der Waals surface area (Å²) in [6.45, 7) is -0.0770. The number of benzene rings is 1. The van der Waals surface area contributed by atoms with Crippen molar-refractivity contribution in [2.24, 2.45) is 5.41 Å². The van der Waals surface area contributed by atoms with Gasteiger partial charge in [0.15, 0.2) is 0 Å². The molecule has 0 atom stereocenters. The smallest absolute Gasteiger partial charge is 0.232 e. The lowest BCUT2D eigenvalue weighted by molar-refractivity contribution is -0.122. The van der Waals surface area contributed by atoms with Gasteiger partial charge in [-0.2, -0.15) is 0 Å². The average molecular weight is 226 g/mol. The highest BCUT2D eigenvalue weighted by molar-refractivity contribution is 6.30. The van der Waals surface area contributed by atoms with Crippen LogP contribution in [0.3, 0.4) is 0 Å². The Hall–Kier alpha value is -1.06. The molecule has 0 unspecified atom stereocenters. The first-order chi connectivity index (χ1) is 7.16. The Morgan fingerprint density at radius 1 is 1.40 bits per heavy atom. The summed E-state index contributed by atoms with van der Waals surface area (Å²) in [6, 6.07) is 6.92. The van der Waals surface area contributed by atoms with E-state index in [1.165, 1.54) is 0 Å². The number of carbonyl (C=O) groups excluding carboxylic acids is 1. The molecule has 0 saturated heterocycles. The highest BCUT2D eigenvalue weighted by atomic mass is 35.5. The summed E-state index contributed by atoms with van der Waals surface area (Å²) >= 11 is 5.73. The number of halogens is 1. The van der Waals surface area contributed by atoms with Crippen molar-refractivity contribution in [1.82, 2.24) is 0 Å². The highest BCUT2D eigenvalue weighted by Gasteiger charge is 2.49. The number of nitrogens with one attached hydrogen (secondary N) is 1. The molecule has 1 aliphatic carbocycles. The molecule has 1 aromatic rings. The molecule has 0 spiro atoms. The number of aliphatic hydroxyl groups is 1. The first kappa shape index (κ1) is 10.5. The summed E-state index contributed by atoms with van der Waals surface area (Å²) in [5.41, 5.74) is 0.184. The molecule has 0 bridgehead atoms. The van der Waals surface area contributed by atoms with Gasteiger partial charge in [-0.3, -0.25) is 4.79 Å². The zero-order valence-electron chi connectivity index (χ0n) is 8.16. The lowest BCUT2D eigenvalue weighted by Crippen LogP contribution is -2.27. The molecule has 80 valence electrons. The number of anilines is 1. The molecule has 1 saturated carbocycles. The van der Waals surface area contributed by atoms with Crippen molar-refractivity contribution >= 4 is 23.2 Å². The number of rotatable bonds is 3. The minimum absolute atomic E-state index is 0.0770. The summed E-state index contributed by atoms with van der Waals surface area (Å²) < 4.78 is 0. The summed E-state index contributed by atoms with van der Waals surface area (Å²) in [4.78, 5) is 11.7. The van der Waals surface area contributed by atoms with Crippen molar-refractivity contribution in [2.75, 3.05) is 11.9 Å². The van der Waals surface area contributed by atoms with Crippen molar-refractivity contribution in [2.45, 2.75) is 12.8 Å². The van der Waals surface area contributed by atoms with Gasteiger partial charge in [0.05, 0.1) is 12.0 Å². The Kier molecular flexibility index (Phi) is 2.67. The van der Waals surface area contributed by atoms with Gasteiger partial charge in [-0.1, -0.05) is 11.6 Å². The van der Waals surface area contributed by atoms with Crippen molar-refractivity contribution < 1.29 is 9.90 Å². The van der Waals surface area contributed by atoms with E-state index in [2.05, 4.69) is 5.32 Å². The Labute approximate surface area is 93.1 Å². The van der Waals surface area contributed by atoms with E-state index in [0.29, 0.717) is 10.7 Å². The number of hydrogen-bond acceptors (Lipinski definition) is 2. The molecular formula is C11H12ClNO2. The van der Waals surface area contributed by atoms with Gasteiger partial charge >= 0.3 is 0 Å². The SMILES string of the molecule is O=C(Nc1ccc(Cl)cc1)C1(CO)CC1. The molecule has 0 aliphatic heterocycles. The average Bonchev–Trinajstić information content (AvgIpc) is 3.02. The van der Waals surface area contributed by atoms with Crippen LogP contribution in [0.4, 0.5) is 5.69 Å². The predicted molar refractivity (Wildman–Crippen MR) is 58.8 cm³/mol. The van der Waals surface area contributed by atoms with Crippen LogP contribution in [0, 0.1) is 5.41 Å². The van der Waals surface area contributed by atoms with Crippen molar-refractivity contribution in [3.8, 4) is 0 Å². The molecule has 1 fully saturated rings. The molecule has 1 aromatic carbocycles. The van der Waals surface area contributed by atoms with Crippen LogP contribution in [0.15, 0.2) is 24.3 Å². The van der Waals surface area contributed by atoms with Crippen LogP contribution < -0.4 is 5.32 Å². The van der Waals surface area contributed by atoms with E-state index < -0.39 is 5.41 Å². The Bertz CT molecular complexity index is 371. The van der Waals surface area contributed by atoms with Gasteiger partial charge in [0.1, 0.15) is 0 Å². The largest absolute Gasteiger partial charge is 0.395 e. The maximum absolute atomic E-state index is 11.7. The molecule has 0 heterocycles. The topological polar surface area (TPSA) is 49.3 Å². The summed E-state index contributed by atoms with van der Waals surface area (Å²) in [5, 5.41) is 12.5. The molecule has 0 aromatic heterocycles. The van der Waals surface area contributed by atoms with Gasteiger partial charge in [0, 0.05) is 10.7 Å². The summed E-state index contributed by atoms with van der Waals surface area (Å²) in [6.07, 6.45) is 1.53. The lowest BCUT2D eigenvalue weighted by atomic mass is 10.1. The van der Waals surface area contributed by atoms with Crippen LogP contribution in [-0.2, 0) is 4.79 Å². The van der Waals surface area contributed by atoms with E-state index in [1.807, 2.05) is 0 Å². The molecule has 4 heteroatoms. The number of carbonyl (C=O) groups is 1. The standard InChI is InChI=1S/C11H12ClNO2/c12-8-1-3-9(4-2-8)13-10(15)11(7-14)5-6-11/h1-4,14H,5-7H2,(H,13,15). The monoisotopic (exact) mass is 225 g/mol. The maximum atomic E-state index is 11.7. The second-order valence-corrected chi connectivity index (χ2v) is 4.34. The second-order valence-electron chi connectivity index (χ2n) is 3.90. The van der Waals surface area contributed by atoms with Crippen LogP contribution in [-0.4, -0.2) is 17.6 Å². The Morgan fingerprint density at radius 2 is 2.00 bits per heavy atom. The number of amides is 1. The minimum Gasteiger partial charge on any atom is -0.395 e. The molecule has 15 heavy (non-hydrogen) atoms. The van der Waals surface area contributed by atoms with Crippen molar-refractivity contribution in [3.63, 3.8) is 0 Å². The van der Waals surface area contributed by atoms with Gasteiger partial charge in [-0.05, 0) is 37.1 Å². The first-order valence-corrected chi connectivity index (χ1v) is 5.22. The van der Waals surface area contributed by atoms with E-state index in [1.54, 1.807) is 24.3 Å². The maximum Gasteiger partial charge on any atom is 0.232 e. The molecule has 0 radical (unpaired) electrons. The Morgan fingerprint density at radius 3 is 2.47 bits per heavy atom. The summed E-state index contributed by atoms with van der Waals surface area (Å²) in [7, 11) is 0.